The molecule has 2 aromatic carbocycles. The van der Waals surface area contributed by atoms with Gasteiger partial charge in [0.25, 0.3) is 5.91 Å². The number of fused-ring (bicyclic) bond motifs is 5. The zero-order valence-corrected chi connectivity index (χ0v) is 20.1. The predicted molar refractivity (Wildman–Crippen MR) is 130 cm³/mol. The number of rotatable bonds is 5. The van der Waals surface area contributed by atoms with Gasteiger partial charge in [-0.1, -0.05) is 61.8 Å². The molecule has 34 heavy (non-hydrogen) atoms. The minimum absolute atomic E-state index is 0.213. The van der Waals surface area contributed by atoms with Crippen molar-refractivity contribution in [2.24, 2.45) is 5.92 Å². The number of hydrogen-bond acceptors (Lipinski definition) is 3. The first kappa shape index (κ1) is 22.5. The van der Waals surface area contributed by atoms with Crippen LogP contribution in [0.15, 0.2) is 48.5 Å². The fraction of sp³-hybridized carbons (Fsp3) is 0.346. The summed E-state index contributed by atoms with van der Waals surface area (Å²) in [5, 5.41) is 4.49. The van der Waals surface area contributed by atoms with Crippen LogP contribution >= 0.6 is 11.6 Å². The maximum absolute atomic E-state index is 13.9. The van der Waals surface area contributed by atoms with Gasteiger partial charge in [-0.2, -0.15) is 0 Å². The highest BCUT2D eigenvalue weighted by molar-refractivity contribution is 6.31. The molecule has 5 rings (SSSR count). The Morgan fingerprint density at radius 1 is 1.15 bits per heavy atom. The third kappa shape index (κ3) is 3.21. The number of para-hydroxylation sites is 1. The van der Waals surface area contributed by atoms with Crippen molar-refractivity contribution in [1.82, 2.24) is 20.1 Å². The molecule has 0 spiro atoms. The number of hydrogen-bond donors (Lipinski definition) is 2. The standard InChI is InChI=1S/C26H27ClN4O3/c1-15(2)21(23(32)28-14-16-8-4-6-10-19(16)27)31-24(33)26(3)22-18(12-13-30(26)25(31)34)17-9-5-7-11-20(17)29-22/h4-11,15,21,29H,12-14H2,1-3H3,(H,28,32). The summed E-state index contributed by atoms with van der Waals surface area (Å²) in [4.78, 5) is 47.0. The van der Waals surface area contributed by atoms with Crippen LogP contribution in [0.5, 0.6) is 0 Å². The smallest absolute Gasteiger partial charge is 0.328 e. The van der Waals surface area contributed by atoms with Gasteiger partial charge in [0.1, 0.15) is 6.04 Å². The summed E-state index contributed by atoms with van der Waals surface area (Å²) in [5.74, 6) is -1.03. The molecule has 2 aliphatic heterocycles. The topological polar surface area (TPSA) is 85.5 Å². The number of nitrogens with one attached hydrogen (secondary N) is 2. The lowest BCUT2D eigenvalue weighted by Crippen LogP contribution is -2.53. The molecule has 4 amide bonds. The molecule has 0 saturated carbocycles. The highest BCUT2D eigenvalue weighted by atomic mass is 35.5. The summed E-state index contributed by atoms with van der Waals surface area (Å²) in [6, 6.07) is 13.8. The number of urea groups is 1. The second-order valence-corrected chi connectivity index (χ2v) is 9.86. The Labute approximate surface area is 203 Å². The summed E-state index contributed by atoms with van der Waals surface area (Å²) in [6.45, 7) is 6.09. The van der Waals surface area contributed by atoms with Crippen molar-refractivity contribution in [3.63, 3.8) is 0 Å². The maximum Gasteiger partial charge on any atom is 0.328 e. The van der Waals surface area contributed by atoms with Gasteiger partial charge in [0, 0.05) is 29.0 Å². The first-order chi connectivity index (χ1) is 16.2. The first-order valence-electron chi connectivity index (χ1n) is 11.5. The molecule has 1 saturated heterocycles. The van der Waals surface area contributed by atoms with E-state index in [0.29, 0.717) is 18.0 Å². The van der Waals surface area contributed by atoms with Crippen LogP contribution in [0.1, 0.15) is 37.6 Å². The Hall–Kier alpha value is -3.32. The van der Waals surface area contributed by atoms with Crippen molar-refractivity contribution in [3.8, 4) is 0 Å². The van der Waals surface area contributed by atoms with Crippen molar-refractivity contribution >= 4 is 40.3 Å². The number of imide groups is 1. The molecule has 2 N–H and O–H groups in total. The molecule has 0 radical (unpaired) electrons. The van der Waals surface area contributed by atoms with Crippen LogP contribution in [0.3, 0.4) is 0 Å². The average Bonchev–Trinajstić information content (AvgIpc) is 3.28. The van der Waals surface area contributed by atoms with Crippen molar-refractivity contribution < 1.29 is 14.4 Å². The fourth-order valence-corrected chi connectivity index (χ4v) is 5.51. The lowest BCUT2D eigenvalue weighted by molar-refractivity contribution is -0.140. The van der Waals surface area contributed by atoms with Gasteiger partial charge < -0.3 is 15.2 Å². The summed E-state index contributed by atoms with van der Waals surface area (Å²) >= 11 is 6.23. The van der Waals surface area contributed by atoms with E-state index in [2.05, 4.69) is 10.3 Å². The number of aromatic amines is 1. The molecule has 3 aromatic rings. The van der Waals surface area contributed by atoms with E-state index in [1.807, 2.05) is 56.3 Å². The molecule has 2 atom stereocenters. The van der Waals surface area contributed by atoms with Crippen LogP contribution < -0.4 is 5.32 Å². The summed E-state index contributed by atoms with van der Waals surface area (Å²) < 4.78 is 0. The number of H-pyrrole nitrogens is 1. The summed E-state index contributed by atoms with van der Waals surface area (Å²) in [7, 11) is 0. The number of halogens is 1. The normalized spacial score (nSPS) is 20.6. The third-order valence-corrected chi connectivity index (χ3v) is 7.46. The number of amides is 4. The van der Waals surface area contributed by atoms with Crippen LogP contribution in [0.4, 0.5) is 4.79 Å². The van der Waals surface area contributed by atoms with Crippen LogP contribution in [-0.4, -0.2) is 45.2 Å². The van der Waals surface area contributed by atoms with Crippen LogP contribution in [-0.2, 0) is 28.1 Å². The fourth-order valence-electron chi connectivity index (χ4n) is 5.31. The lowest BCUT2D eigenvalue weighted by atomic mass is 9.86. The van der Waals surface area contributed by atoms with E-state index in [9.17, 15) is 14.4 Å². The molecule has 8 heteroatoms. The predicted octanol–water partition coefficient (Wildman–Crippen LogP) is 4.20. The van der Waals surface area contributed by atoms with Gasteiger partial charge in [-0.3, -0.25) is 9.59 Å². The van der Waals surface area contributed by atoms with Crippen molar-refractivity contribution in [2.45, 2.75) is 45.3 Å². The van der Waals surface area contributed by atoms with E-state index in [-0.39, 0.29) is 24.3 Å². The van der Waals surface area contributed by atoms with Gasteiger partial charge in [0.05, 0.1) is 5.69 Å². The third-order valence-electron chi connectivity index (χ3n) is 7.09. The number of aromatic nitrogens is 1. The van der Waals surface area contributed by atoms with Gasteiger partial charge in [-0.05, 0) is 42.5 Å². The molecule has 176 valence electrons. The Balaban J connectivity index is 1.48. The molecule has 1 fully saturated rings. The molecular weight excluding hydrogens is 452 g/mol. The molecular formula is C26H27ClN4O3. The van der Waals surface area contributed by atoms with Gasteiger partial charge in [0.15, 0.2) is 5.54 Å². The molecule has 3 heterocycles. The largest absolute Gasteiger partial charge is 0.356 e. The van der Waals surface area contributed by atoms with Crippen LogP contribution in [0.2, 0.25) is 5.02 Å². The van der Waals surface area contributed by atoms with Gasteiger partial charge in [-0.15, -0.1) is 0 Å². The number of benzene rings is 2. The highest BCUT2D eigenvalue weighted by Crippen LogP contribution is 2.45. The number of carbonyl (C=O) groups is 3. The SMILES string of the molecule is CC(C)C(C(=O)NCc1ccccc1Cl)N1C(=O)N2CCc3c([nH]c4ccccc34)C2(C)C1=O. The van der Waals surface area contributed by atoms with E-state index < -0.39 is 17.6 Å². The van der Waals surface area contributed by atoms with E-state index in [1.165, 1.54) is 0 Å². The van der Waals surface area contributed by atoms with E-state index in [0.717, 1.165) is 32.6 Å². The van der Waals surface area contributed by atoms with Crippen molar-refractivity contribution in [1.29, 1.82) is 0 Å². The van der Waals surface area contributed by atoms with E-state index in [1.54, 1.807) is 17.9 Å². The Morgan fingerprint density at radius 3 is 2.59 bits per heavy atom. The molecule has 0 aliphatic carbocycles. The van der Waals surface area contributed by atoms with Crippen molar-refractivity contribution in [3.05, 3.63) is 70.4 Å². The average molecular weight is 479 g/mol. The lowest BCUT2D eigenvalue weighted by Gasteiger charge is -2.36. The van der Waals surface area contributed by atoms with Gasteiger partial charge >= 0.3 is 6.03 Å². The van der Waals surface area contributed by atoms with Gasteiger partial charge in [-0.25, -0.2) is 9.69 Å². The maximum atomic E-state index is 13.9. The zero-order valence-electron chi connectivity index (χ0n) is 19.4. The van der Waals surface area contributed by atoms with Crippen LogP contribution in [0, 0.1) is 5.92 Å². The second-order valence-electron chi connectivity index (χ2n) is 9.45. The quantitative estimate of drug-likeness (QED) is 0.539. The summed E-state index contributed by atoms with van der Waals surface area (Å²) in [6.07, 6.45) is 0.646. The number of nitrogens with zero attached hydrogens (tertiary/aromatic N) is 2. The summed E-state index contributed by atoms with van der Waals surface area (Å²) in [5.41, 5.74) is 2.32. The monoisotopic (exact) mass is 478 g/mol. The Bertz CT molecular complexity index is 1320. The molecule has 0 bridgehead atoms. The second kappa shape index (κ2) is 8.17. The molecule has 1 aromatic heterocycles. The van der Waals surface area contributed by atoms with E-state index >= 15 is 0 Å². The molecule has 7 nitrogen and oxygen atoms in total. The minimum atomic E-state index is -1.18. The molecule has 2 unspecified atom stereocenters. The minimum Gasteiger partial charge on any atom is -0.356 e. The van der Waals surface area contributed by atoms with Crippen molar-refractivity contribution in [2.75, 3.05) is 6.54 Å². The first-order valence-corrected chi connectivity index (χ1v) is 11.9. The van der Waals surface area contributed by atoms with Crippen LogP contribution in [0.25, 0.3) is 10.9 Å². The highest BCUT2D eigenvalue weighted by Gasteiger charge is 2.61. The van der Waals surface area contributed by atoms with Gasteiger partial charge in [0.2, 0.25) is 5.91 Å². The Morgan fingerprint density at radius 2 is 1.85 bits per heavy atom. The Kier molecular flexibility index (Phi) is 5.40. The molecule has 2 aliphatic rings. The zero-order chi connectivity index (χ0) is 24.2. The number of carbonyl (C=O) groups excluding carboxylic acids is 3. The van der Waals surface area contributed by atoms with E-state index in [4.69, 9.17) is 11.6 Å².